The minimum atomic E-state index is -0.104. The Labute approximate surface area is 185 Å². The first-order chi connectivity index (χ1) is 14.6. The normalized spacial score (nSPS) is 20.6. The molecule has 1 aliphatic heterocycles. The van der Waals surface area contributed by atoms with Gasteiger partial charge in [-0.1, -0.05) is 24.3 Å². The number of halogens is 2. The second-order valence-corrected chi connectivity index (χ2v) is 8.67. The summed E-state index contributed by atoms with van der Waals surface area (Å²) in [6.07, 6.45) is 0.755. The largest absolute Gasteiger partial charge is 0.492 e. The Kier molecular flexibility index (Phi) is 5.31. The van der Waals surface area contributed by atoms with Gasteiger partial charge in [-0.25, -0.2) is 0 Å². The van der Waals surface area contributed by atoms with E-state index in [1.54, 1.807) is 30.3 Å². The van der Waals surface area contributed by atoms with E-state index in [-0.39, 0.29) is 17.6 Å². The summed E-state index contributed by atoms with van der Waals surface area (Å²) < 4.78 is 6.18. The van der Waals surface area contributed by atoms with Gasteiger partial charge < -0.3 is 10.1 Å². The molecule has 0 spiro atoms. The molecule has 1 N–H and O–H groups in total. The summed E-state index contributed by atoms with van der Waals surface area (Å²) in [5.74, 6) is 1.62. The zero-order valence-corrected chi connectivity index (χ0v) is 17.9. The molecule has 3 aliphatic rings. The SMILES string of the molecule is O=C1c2ccccc2C(=O)c2c1cc(OCCN(CCCl)CCCl)c1c2CC2NC12. The van der Waals surface area contributed by atoms with Gasteiger partial charge in [0.05, 0.1) is 6.04 Å². The number of benzene rings is 2. The lowest BCUT2D eigenvalue weighted by Crippen LogP contribution is -2.32. The van der Waals surface area contributed by atoms with Crippen LogP contribution in [0.2, 0.25) is 0 Å². The zero-order chi connectivity index (χ0) is 20.8. The van der Waals surface area contributed by atoms with E-state index in [0.29, 0.717) is 59.0 Å². The summed E-state index contributed by atoms with van der Waals surface area (Å²) in [6.45, 7) is 2.66. The van der Waals surface area contributed by atoms with Crippen LogP contribution < -0.4 is 10.1 Å². The summed E-state index contributed by atoms with van der Waals surface area (Å²) in [4.78, 5) is 28.6. The molecule has 0 bridgehead atoms. The monoisotopic (exact) mass is 444 g/mol. The number of hydrogen-bond acceptors (Lipinski definition) is 5. The van der Waals surface area contributed by atoms with E-state index in [1.807, 2.05) is 0 Å². The highest BCUT2D eigenvalue weighted by molar-refractivity contribution is 6.29. The minimum absolute atomic E-state index is 0.0558. The first kappa shape index (κ1) is 20.0. The van der Waals surface area contributed by atoms with Crippen LogP contribution >= 0.6 is 23.2 Å². The molecule has 2 aromatic carbocycles. The minimum Gasteiger partial charge on any atom is -0.492 e. The molecule has 0 amide bonds. The summed E-state index contributed by atoms with van der Waals surface area (Å²) in [6, 6.07) is 9.38. The molecule has 2 aliphatic carbocycles. The second kappa shape index (κ2) is 7.97. The number of carbonyl (C=O) groups is 2. The maximum absolute atomic E-state index is 13.2. The zero-order valence-electron chi connectivity index (χ0n) is 16.4. The van der Waals surface area contributed by atoms with Crippen molar-refractivity contribution in [2.45, 2.75) is 18.5 Å². The van der Waals surface area contributed by atoms with Gasteiger partial charge in [0.2, 0.25) is 0 Å². The third-order valence-electron chi connectivity index (χ3n) is 6.21. The number of nitrogens with one attached hydrogen (secondary N) is 1. The molecule has 0 saturated carbocycles. The van der Waals surface area contributed by atoms with Gasteiger partial charge in [-0.05, 0) is 18.1 Å². The summed E-state index contributed by atoms with van der Waals surface area (Å²) >= 11 is 11.8. The number of nitrogens with zero attached hydrogens (tertiary/aromatic N) is 1. The molecule has 30 heavy (non-hydrogen) atoms. The molecule has 2 atom stereocenters. The lowest BCUT2D eigenvalue weighted by atomic mass is 9.80. The van der Waals surface area contributed by atoms with Crippen molar-refractivity contribution in [3.05, 3.63) is 63.7 Å². The maximum atomic E-state index is 13.2. The molecular formula is C23H22Cl2N2O3. The molecule has 0 radical (unpaired) electrons. The first-order valence-electron chi connectivity index (χ1n) is 10.3. The van der Waals surface area contributed by atoms with E-state index in [4.69, 9.17) is 27.9 Å². The van der Waals surface area contributed by atoms with Crippen LogP contribution in [0, 0.1) is 0 Å². The molecular weight excluding hydrogens is 423 g/mol. The predicted molar refractivity (Wildman–Crippen MR) is 116 cm³/mol. The first-order valence-corrected chi connectivity index (χ1v) is 11.3. The van der Waals surface area contributed by atoms with Crippen LogP contribution in [0.1, 0.15) is 49.0 Å². The fraction of sp³-hybridized carbons (Fsp3) is 0.391. The number of hydrogen-bond donors (Lipinski definition) is 1. The van der Waals surface area contributed by atoms with E-state index >= 15 is 0 Å². The van der Waals surface area contributed by atoms with Gasteiger partial charge in [0.15, 0.2) is 11.6 Å². The molecule has 0 aromatic heterocycles. The van der Waals surface area contributed by atoms with Crippen LogP contribution in [0.15, 0.2) is 30.3 Å². The van der Waals surface area contributed by atoms with Crippen molar-refractivity contribution >= 4 is 34.8 Å². The van der Waals surface area contributed by atoms with Crippen molar-refractivity contribution in [1.82, 2.24) is 10.2 Å². The number of fused-ring (bicyclic) bond motifs is 6. The topological polar surface area (TPSA) is 68.6 Å². The molecule has 1 saturated heterocycles. The molecule has 1 fully saturated rings. The lowest BCUT2D eigenvalue weighted by Gasteiger charge is -2.24. The summed E-state index contributed by atoms with van der Waals surface area (Å²) in [7, 11) is 0. The second-order valence-electron chi connectivity index (χ2n) is 7.92. The quantitative estimate of drug-likeness (QED) is 0.426. The van der Waals surface area contributed by atoms with E-state index in [2.05, 4.69) is 10.2 Å². The smallest absolute Gasteiger partial charge is 0.194 e. The van der Waals surface area contributed by atoms with E-state index in [1.165, 1.54) is 0 Å². The Balaban J connectivity index is 1.48. The van der Waals surface area contributed by atoms with E-state index in [9.17, 15) is 9.59 Å². The highest BCUT2D eigenvalue weighted by Crippen LogP contribution is 2.50. The molecule has 2 unspecified atom stereocenters. The van der Waals surface area contributed by atoms with Crippen molar-refractivity contribution in [3.63, 3.8) is 0 Å². The van der Waals surface area contributed by atoms with Gasteiger partial charge in [0.25, 0.3) is 0 Å². The van der Waals surface area contributed by atoms with E-state index in [0.717, 1.165) is 30.6 Å². The van der Waals surface area contributed by atoms with Gasteiger partial charge >= 0.3 is 0 Å². The average molecular weight is 445 g/mol. The van der Waals surface area contributed by atoms with Crippen LogP contribution in [-0.4, -0.2) is 60.5 Å². The standard InChI is InChI=1S/C23H22Cl2N2O3/c24-5-7-27(8-6-25)9-10-30-18-12-16-19(15-11-17-21(26-17)20(15)18)23(29)14-4-2-1-3-13(14)22(16)28/h1-4,12,17,21,26H,5-11H2. The summed E-state index contributed by atoms with van der Waals surface area (Å²) in [5.41, 5.74) is 4.02. The summed E-state index contributed by atoms with van der Waals surface area (Å²) in [5, 5.41) is 3.43. The third-order valence-corrected chi connectivity index (χ3v) is 6.55. The average Bonchev–Trinajstić information content (AvgIpc) is 3.41. The number of ether oxygens (including phenoxy) is 1. The van der Waals surface area contributed by atoms with Crippen LogP contribution in [-0.2, 0) is 6.42 Å². The fourth-order valence-electron chi connectivity index (χ4n) is 4.71. The Morgan fingerprint density at radius 1 is 1.00 bits per heavy atom. The third kappa shape index (κ3) is 3.25. The van der Waals surface area contributed by atoms with Crippen LogP contribution in [0.4, 0.5) is 0 Å². The number of carbonyl (C=O) groups excluding carboxylic acids is 2. The fourth-order valence-corrected chi connectivity index (χ4v) is 5.19. The van der Waals surface area contributed by atoms with Crippen LogP contribution in [0.25, 0.3) is 0 Å². The molecule has 1 heterocycles. The number of ketones is 2. The van der Waals surface area contributed by atoms with Gasteiger partial charge in [-0.2, -0.15) is 0 Å². The van der Waals surface area contributed by atoms with Crippen LogP contribution in [0.3, 0.4) is 0 Å². The molecule has 5 rings (SSSR count). The van der Waals surface area contributed by atoms with Crippen molar-refractivity contribution in [1.29, 1.82) is 0 Å². The highest BCUT2D eigenvalue weighted by Gasteiger charge is 2.50. The van der Waals surface area contributed by atoms with Crippen molar-refractivity contribution in [2.24, 2.45) is 0 Å². The van der Waals surface area contributed by atoms with Crippen molar-refractivity contribution in [3.8, 4) is 5.75 Å². The van der Waals surface area contributed by atoms with Crippen molar-refractivity contribution in [2.75, 3.05) is 38.0 Å². The van der Waals surface area contributed by atoms with Gasteiger partial charge in [-0.3, -0.25) is 14.5 Å². The predicted octanol–water partition coefficient (Wildman–Crippen LogP) is 3.19. The van der Waals surface area contributed by atoms with Crippen molar-refractivity contribution < 1.29 is 14.3 Å². The Bertz CT molecular complexity index is 1030. The van der Waals surface area contributed by atoms with Gasteiger partial charge in [0, 0.05) is 65.3 Å². The van der Waals surface area contributed by atoms with Crippen LogP contribution in [0.5, 0.6) is 5.75 Å². The molecule has 156 valence electrons. The van der Waals surface area contributed by atoms with Gasteiger partial charge in [-0.15, -0.1) is 23.2 Å². The lowest BCUT2D eigenvalue weighted by molar-refractivity contribution is 0.0978. The van der Waals surface area contributed by atoms with E-state index < -0.39 is 0 Å². The Morgan fingerprint density at radius 2 is 1.70 bits per heavy atom. The highest BCUT2D eigenvalue weighted by atomic mass is 35.5. The molecule has 5 nitrogen and oxygen atoms in total. The molecule has 7 heteroatoms. The maximum Gasteiger partial charge on any atom is 0.194 e. The number of rotatable bonds is 8. The van der Waals surface area contributed by atoms with Gasteiger partial charge in [0.1, 0.15) is 12.4 Å². The number of alkyl halides is 2. The Hall–Kier alpha value is -1.92. The Morgan fingerprint density at radius 3 is 2.40 bits per heavy atom. The molecule has 2 aromatic rings.